The molecule has 0 saturated carbocycles. The maximum Gasteiger partial charge on any atom is 0.389 e. The molecule has 1 fully saturated rings. The normalized spacial score (nSPS) is 16.4. The van der Waals surface area contributed by atoms with Crippen molar-refractivity contribution in [2.75, 3.05) is 40.4 Å². The highest BCUT2D eigenvalue weighted by Crippen LogP contribution is 2.37. The van der Waals surface area contributed by atoms with E-state index in [4.69, 9.17) is 9.47 Å². The summed E-state index contributed by atoms with van der Waals surface area (Å²) in [5.74, 6) is 1.19. The first-order chi connectivity index (χ1) is 10.9. The number of rotatable bonds is 6. The summed E-state index contributed by atoms with van der Waals surface area (Å²) in [6, 6.07) is 4.97. The zero-order valence-corrected chi connectivity index (χ0v) is 15.9. The van der Waals surface area contributed by atoms with Crippen LogP contribution in [0.25, 0.3) is 0 Å². The van der Waals surface area contributed by atoms with Gasteiger partial charge < -0.3 is 14.8 Å². The Balaban J connectivity index is 0.00000288. The van der Waals surface area contributed by atoms with E-state index in [9.17, 15) is 13.2 Å². The van der Waals surface area contributed by atoms with Crippen molar-refractivity contribution < 1.29 is 22.6 Å². The fraction of sp³-hybridized carbons (Fsp3) is 0.625. The van der Waals surface area contributed by atoms with Gasteiger partial charge in [0.2, 0.25) is 0 Å². The lowest BCUT2D eigenvalue weighted by Crippen LogP contribution is -2.45. The van der Waals surface area contributed by atoms with Crippen LogP contribution in [0.3, 0.4) is 0 Å². The SMILES string of the molecule is COc1ccc([C@H](CCC(F)(F)F)N2CCNCC2)c(OC)c1.Cl.Cl. The predicted molar refractivity (Wildman–Crippen MR) is 96.5 cm³/mol. The Labute approximate surface area is 158 Å². The molecule has 1 N–H and O–H groups in total. The van der Waals surface area contributed by atoms with Gasteiger partial charge in [-0.15, -0.1) is 24.8 Å². The van der Waals surface area contributed by atoms with E-state index >= 15 is 0 Å². The lowest BCUT2D eigenvalue weighted by atomic mass is 9.98. The molecule has 0 radical (unpaired) electrons. The molecule has 0 amide bonds. The van der Waals surface area contributed by atoms with Crippen molar-refractivity contribution in [3.63, 3.8) is 0 Å². The molecule has 1 atom stereocenters. The lowest BCUT2D eigenvalue weighted by Gasteiger charge is -2.36. The zero-order chi connectivity index (χ0) is 16.9. The van der Waals surface area contributed by atoms with Gasteiger partial charge in [0.15, 0.2) is 0 Å². The summed E-state index contributed by atoms with van der Waals surface area (Å²) >= 11 is 0. The fourth-order valence-corrected chi connectivity index (χ4v) is 2.92. The summed E-state index contributed by atoms with van der Waals surface area (Å²) in [5.41, 5.74) is 0.777. The van der Waals surface area contributed by atoms with Crippen LogP contribution < -0.4 is 14.8 Å². The lowest BCUT2D eigenvalue weighted by molar-refractivity contribution is -0.138. The molecular weight excluding hydrogens is 380 g/mol. The summed E-state index contributed by atoms with van der Waals surface area (Å²) in [6.07, 6.45) is -4.95. The quantitative estimate of drug-likeness (QED) is 0.780. The molecule has 1 aliphatic heterocycles. The summed E-state index contributed by atoms with van der Waals surface area (Å²) in [4.78, 5) is 2.09. The Morgan fingerprint density at radius 1 is 1.12 bits per heavy atom. The molecule has 146 valence electrons. The molecule has 2 rings (SSSR count). The van der Waals surface area contributed by atoms with Gasteiger partial charge in [-0.2, -0.15) is 13.2 Å². The molecule has 1 saturated heterocycles. The Bertz CT molecular complexity index is 513. The van der Waals surface area contributed by atoms with Crippen molar-refractivity contribution in [1.82, 2.24) is 10.2 Å². The fourth-order valence-electron chi connectivity index (χ4n) is 2.92. The maximum absolute atomic E-state index is 12.7. The minimum Gasteiger partial charge on any atom is -0.497 e. The molecule has 25 heavy (non-hydrogen) atoms. The van der Waals surface area contributed by atoms with Crippen molar-refractivity contribution in [3.8, 4) is 11.5 Å². The Hall–Kier alpha value is -0.890. The third-order valence-electron chi connectivity index (χ3n) is 4.09. The van der Waals surface area contributed by atoms with Crippen LogP contribution in [0.2, 0.25) is 0 Å². The molecule has 1 aliphatic rings. The van der Waals surface area contributed by atoms with Crippen LogP contribution in [0.15, 0.2) is 18.2 Å². The smallest absolute Gasteiger partial charge is 0.389 e. The van der Waals surface area contributed by atoms with Gasteiger partial charge in [-0.3, -0.25) is 4.90 Å². The molecule has 0 spiro atoms. The number of alkyl halides is 3. The largest absolute Gasteiger partial charge is 0.497 e. The summed E-state index contributed by atoms with van der Waals surface area (Å²) in [7, 11) is 3.07. The van der Waals surface area contributed by atoms with Gasteiger partial charge in [-0.25, -0.2) is 0 Å². The van der Waals surface area contributed by atoms with Crippen molar-refractivity contribution in [3.05, 3.63) is 23.8 Å². The minimum atomic E-state index is -4.16. The first-order valence-electron chi connectivity index (χ1n) is 7.68. The first-order valence-corrected chi connectivity index (χ1v) is 7.68. The third kappa shape index (κ3) is 7.09. The van der Waals surface area contributed by atoms with Gasteiger partial charge in [0, 0.05) is 50.3 Å². The molecule has 4 nitrogen and oxygen atoms in total. The highest BCUT2D eigenvalue weighted by atomic mass is 35.5. The second-order valence-corrected chi connectivity index (χ2v) is 5.56. The van der Waals surface area contributed by atoms with E-state index in [1.807, 2.05) is 0 Å². The van der Waals surface area contributed by atoms with E-state index in [0.717, 1.165) is 31.7 Å². The predicted octanol–water partition coefficient (Wildman–Crippen LogP) is 3.84. The van der Waals surface area contributed by atoms with Crippen LogP contribution in [-0.2, 0) is 0 Å². The maximum atomic E-state index is 12.7. The molecule has 1 aromatic carbocycles. The van der Waals surface area contributed by atoms with Crippen LogP contribution in [0.1, 0.15) is 24.4 Å². The average molecular weight is 405 g/mol. The standard InChI is InChI=1S/C16H23F3N2O2.2ClH/c1-22-12-3-4-13(15(11-12)23-2)14(5-6-16(17,18)19)21-9-7-20-8-10-21;;/h3-4,11,14,20H,5-10H2,1-2H3;2*1H/t14-;;/m0../s1. The van der Waals surface area contributed by atoms with Gasteiger partial charge in [-0.05, 0) is 12.5 Å². The van der Waals surface area contributed by atoms with E-state index in [2.05, 4.69) is 10.2 Å². The summed E-state index contributed by atoms with van der Waals surface area (Å²) in [6.45, 7) is 3.00. The first kappa shape index (κ1) is 24.1. The van der Waals surface area contributed by atoms with Crippen molar-refractivity contribution >= 4 is 24.8 Å². The summed E-state index contributed by atoms with van der Waals surface area (Å²) < 4.78 is 48.7. The van der Waals surface area contributed by atoms with Crippen LogP contribution >= 0.6 is 24.8 Å². The van der Waals surface area contributed by atoms with Crippen LogP contribution in [-0.4, -0.2) is 51.5 Å². The molecule has 0 aromatic heterocycles. The molecule has 0 aliphatic carbocycles. The number of ether oxygens (including phenoxy) is 2. The number of halogens is 5. The van der Waals surface area contributed by atoms with Gasteiger partial charge in [0.1, 0.15) is 11.5 Å². The molecule has 0 bridgehead atoms. The van der Waals surface area contributed by atoms with Gasteiger partial charge in [0.25, 0.3) is 0 Å². The highest BCUT2D eigenvalue weighted by molar-refractivity contribution is 5.85. The number of nitrogens with zero attached hydrogens (tertiary/aromatic N) is 1. The van der Waals surface area contributed by atoms with Gasteiger partial charge in [0.05, 0.1) is 14.2 Å². The second kappa shape index (κ2) is 11.0. The Morgan fingerprint density at radius 2 is 1.76 bits per heavy atom. The van der Waals surface area contributed by atoms with Crippen molar-refractivity contribution in [2.45, 2.75) is 25.1 Å². The van der Waals surface area contributed by atoms with E-state index < -0.39 is 12.6 Å². The third-order valence-corrected chi connectivity index (χ3v) is 4.09. The minimum absolute atomic E-state index is 0. The van der Waals surface area contributed by atoms with Gasteiger partial charge in [-0.1, -0.05) is 6.07 Å². The molecule has 0 unspecified atom stereocenters. The molecule has 1 aromatic rings. The second-order valence-electron chi connectivity index (χ2n) is 5.56. The number of piperazine rings is 1. The van der Waals surface area contributed by atoms with E-state index in [1.165, 1.54) is 7.11 Å². The van der Waals surface area contributed by atoms with Crippen LogP contribution in [0.5, 0.6) is 11.5 Å². The number of benzene rings is 1. The Morgan fingerprint density at radius 3 is 2.28 bits per heavy atom. The molecule has 9 heteroatoms. The van der Waals surface area contributed by atoms with Crippen molar-refractivity contribution in [1.29, 1.82) is 0 Å². The number of hydrogen-bond donors (Lipinski definition) is 1. The monoisotopic (exact) mass is 404 g/mol. The van der Waals surface area contributed by atoms with E-state index in [-0.39, 0.29) is 37.3 Å². The van der Waals surface area contributed by atoms with Crippen LogP contribution in [0.4, 0.5) is 13.2 Å². The number of methoxy groups -OCH3 is 2. The Kier molecular flexibility index (Phi) is 10.6. The number of nitrogens with one attached hydrogen (secondary N) is 1. The van der Waals surface area contributed by atoms with Crippen molar-refractivity contribution in [2.24, 2.45) is 0 Å². The molecular formula is C16H25Cl2F3N2O2. The topological polar surface area (TPSA) is 33.7 Å². The van der Waals surface area contributed by atoms with Crippen LogP contribution in [0, 0.1) is 0 Å². The van der Waals surface area contributed by atoms with E-state index in [0.29, 0.717) is 11.5 Å². The summed E-state index contributed by atoms with van der Waals surface area (Å²) in [5, 5.41) is 3.23. The van der Waals surface area contributed by atoms with E-state index in [1.54, 1.807) is 25.3 Å². The number of hydrogen-bond acceptors (Lipinski definition) is 4. The molecule has 1 heterocycles. The highest BCUT2D eigenvalue weighted by Gasteiger charge is 2.32. The zero-order valence-electron chi connectivity index (χ0n) is 14.3. The van der Waals surface area contributed by atoms with Gasteiger partial charge >= 0.3 is 6.18 Å². The average Bonchev–Trinajstić information content (AvgIpc) is 2.55.